The molecule has 0 saturated carbocycles. The molecule has 0 unspecified atom stereocenters. The van der Waals surface area contributed by atoms with Crippen molar-refractivity contribution < 1.29 is 23.9 Å². The summed E-state index contributed by atoms with van der Waals surface area (Å²) < 4.78 is 10.7. The summed E-state index contributed by atoms with van der Waals surface area (Å²) in [5.41, 5.74) is 4.42. The number of amides is 3. The highest BCUT2D eigenvalue weighted by atomic mass is 32.2. The second-order valence-electron chi connectivity index (χ2n) is 9.63. The number of hydrogen-bond acceptors (Lipinski definition) is 6. The van der Waals surface area contributed by atoms with Crippen molar-refractivity contribution in [2.24, 2.45) is 0 Å². The Morgan fingerprint density at radius 2 is 1.56 bits per heavy atom. The Labute approximate surface area is 255 Å². The van der Waals surface area contributed by atoms with Crippen LogP contribution in [0.5, 0.6) is 11.5 Å². The lowest BCUT2D eigenvalue weighted by molar-refractivity contribution is -0.114. The third kappa shape index (κ3) is 8.73. The first-order valence-electron chi connectivity index (χ1n) is 13.5. The lowest BCUT2D eigenvalue weighted by Gasteiger charge is -2.13. The highest BCUT2D eigenvalue weighted by Gasteiger charge is 2.16. The summed E-state index contributed by atoms with van der Waals surface area (Å²) in [5.74, 6) is 0.141. The number of carbonyl (C=O) groups excluding carboxylic acids is 3. The smallest absolute Gasteiger partial charge is 0.272 e. The monoisotopic (exact) mass is 595 g/mol. The van der Waals surface area contributed by atoms with Crippen molar-refractivity contribution in [1.82, 2.24) is 5.32 Å². The van der Waals surface area contributed by atoms with Crippen LogP contribution >= 0.6 is 11.8 Å². The van der Waals surface area contributed by atoms with Gasteiger partial charge in [-0.05, 0) is 85.1 Å². The van der Waals surface area contributed by atoms with Crippen LogP contribution in [-0.4, -0.2) is 37.7 Å². The molecule has 4 aromatic rings. The maximum atomic E-state index is 13.5. The van der Waals surface area contributed by atoms with Crippen molar-refractivity contribution in [2.45, 2.75) is 18.7 Å². The van der Waals surface area contributed by atoms with Gasteiger partial charge in [-0.2, -0.15) is 0 Å². The van der Waals surface area contributed by atoms with Gasteiger partial charge in [0.1, 0.15) is 5.70 Å². The van der Waals surface area contributed by atoms with Crippen LogP contribution in [0.4, 0.5) is 11.4 Å². The van der Waals surface area contributed by atoms with E-state index in [-0.39, 0.29) is 17.4 Å². The normalized spacial score (nSPS) is 10.9. The number of methoxy groups -OCH3 is 2. The second-order valence-corrected chi connectivity index (χ2v) is 10.7. The number of thioether (sulfide) groups is 1. The summed E-state index contributed by atoms with van der Waals surface area (Å²) in [4.78, 5) is 39.9. The number of ether oxygens (including phenoxy) is 2. The Hall–Kier alpha value is -5.02. The quantitative estimate of drug-likeness (QED) is 0.136. The van der Waals surface area contributed by atoms with Gasteiger partial charge in [0.2, 0.25) is 5.91 Å². The number of hydrogen-bond donors (Lipinski definition) is 3. The molecule has 4 aromatic carbocycles. The predicted octanol–water partition coefficient (Wildman–Crippen LogP) is 6.46. The molecule has 8 nitrogen and oxygen atoms in total. The molecule has 0 aliphatic rings. The molecule has 0 aliphatic heterocycles. The highest BCUT2D eigenvalue weighted by molar-refractivity contribution is 8.00. The first kappa shape index (κ1) is 30.9. The van der Waals surface area contributed by atoms with Gasteiger partial charge in [0, 0.05) is 21.8 Å². The molecule has 0 radical (unpaired) electrons. The van der Waals surface area contributed by atoms with E-state index in [1.807, 2.05) is 44.2 Å². The maximum absolute atomic E-state index is 13.5. The molecule has 0 fully saturated rings. The minimum atomic E-state index is -0.520. The summed E-state index contributed by atoms with van der Waals surface area (Å²) in [6.07, 6.45) is 1.56. The molecular weight excluding hydrogens is 562 g/mol. The number of carbonyl (C=O) groups is 3. The summed E-state index contributed by atoms with van der Waals surface area (Å²) in [6, 6.07) is 26.9. The lowest BCUT2D eigenvalue weighted by Crippen LogP contribution is -2.30. The van der Waals surface area contributed by atoms with Crippen LogP contribution in [-0.2, 0) is 9.59 Å². The van der Waals surface area contributed by atoms with Crippen LogP contribution < -0.4 is 25.4 Å². The van der Waals surface area contributed by atoms with E-state index >= 15 is 0 Å². The lowest BCUT2D eigenvalue weighted by atomic mass is 10.1. The minimum Gasteiger partial charge on any atom is -0.493 e. The number of rotatable bonds is 11. The first-order valence-corrected chi connectivity index (χ1v) is 14.5. The van der Waals surface area contributed by atoms with Crippen LogP contribution in [0.25, 0.3) is 6.08 Å². The molecule has 0 spiro atoms. The molecule has 0 heterocycles. The van der Waals surface area contributed by atoms with E-state index in [0.717, 1.165) is 21.7 Å². The van der Waals surface area contributed by atoms with E-state index in [0.29, 0.717) is 28.3 Å². The fraction of sp³-hybridized carbons (Fsp3) is 0.147. The second kappa shape index (κ2) is 14.7. The van der Waals surface area contributed by atoms with Gasteiger partial charge >= 0.3 is 0 Å². The Morgan fingerprint density at radius 3 is 2.30 bits per heavy atom. The van der Waals surface area contributed by atoms with E-state index in [9.17, 15) is 14.4 Å². The van der Waals surface area contributed by atoms with Crippen LogP contribution in [0.15, 0.2) is 102 Å². The van der Waals surface area contributed by atoms with E-state index in [1.54, 1.807) is 66.7 Å². The fourth-order valence-electron chi connectivity index (χ4n) is 4.12. The zero-order chi connectivity index (χ0) is 30.8. The van der Waals surface area contributed by atoms with Crippen LogP contribution in [0, 0.1) is 13.8 Å². The van der Waals surface area contributed by atoms with Gasteiger partial charge in [-0.1, -0.05) is 42.5 Å². The predicted molar refractivity (Wildman–Crippen MR) is 172 cm³/mol. The number of aryl methyl sites for hydroxylation is 2. The molecule has 0 aromatic heterocycles. The summed E-state index contributed by atoms with van der Waals surface area (Å²) in [7, 11) is 3.06. The van der Waals surface area contributed by atoms with E-state index in [2.05, 4.69) is 16.0 Å². The van der Waals surface area contributed by atoms with Gasteiger partial charge < -0.3 is 25.4 Å². The number of anilines is 2. The Morgan fingerprint density at radius 1 is 0.791 bits per heavy atom. The van der Waals surface area contributed by atoms with Crippen molar-refractivity contribution in [3.8, 4) is 11.5 Å². The topological polar surface area (TPSA) is 106 Å². The van der Waals surface area contributed by atoms with Gasteiger partial charge in [0.25, 0.3) is 11.8 Å². The summed E-state index contributed by atoms with van der Waals surface area (Å²) >= 11 is 1.35. The van der Waals surface area contributed by atoms with Crippen molar-refractivity contribution in [2.75, 3.05) is 30.6 Å². The zero-order valence-electron chi connectivity index (χ0n) is 24.4. The van der Waals surface area contributed by atoms with Gasteiger partial charge in [-0.15, -0.1) is 11.8 Å². The van der Waals surface area contributed by atoms with Crippen LogP contribution in [0.1, 0.15) is 27.0 Å². The molecule has 0 atom stereocenters. The van der Waals surface area contributed by atoms with E-state index in [4.69, 9.17) is 9.47 Å². The largest absolute Gasteiger partial charge is 0.493 e. The van der Waals surface area contributed by atoms with Gasteiger partial charge in [-0.3, -0.25) is 14.4 Å². The Kier molecular flexibility index (Phi) is 10.6. The van der Waals surface area contributed by atoms with Crippen molar-refractivity contribution in [1.29, 1.82) is 0 Å². The highest BCUT2D eigenvalue weighted by Crippen LogP contribution is 2.29. The molecule has 3 amide bonds. The standard InChI is InChI=1S/C34H33N3O5S/c1-22-13-14-23(2)28(17-22)36-32(38)21-43-27-12-8-11-26(20-27)35-34(40)29(37-33(39)25-9-6-5-7-10-25)18-24-15-16-30(41-3)31(19-24)42-4/h5-20H,21H2,1-4H3,(H,35,40)(H,36,38)(H,37,39)/b29-18+. The minimum absolute atomic E-state index is 0.0343. The molecule has 9 heteroatoms. The first-order chi connectivity index (χ1) is 20.7. The molecule has 3 N–H and O–H groups in total. The molecule has 0 saturated heterocycles. The molecule has 0 bridgehead atoms. The van der Waals surface area contributed by atoms with Crippen LogP contribution in [0.3, 0.4) is 0 Å². The number of benzene rings is 4. The fourth-order valence-corrected chi connectivity index (χ4v) is 4.87. The van der Waals surface area contributed by atoms with Crippen molar-refractivity contribution in [3.05, 3.63) is 119 Å². The van der Waals surface area contributed by atoms with E-state index in [1.165, 1.54) is 26.0 Å². The van der Waals surface area contributed by atoms with Gasteiger partial charge in [0.05, 0.1) is 20.0 Å². The maximum Gasteiger partial charge on any atom is 0.272 e. The van der Waals surface area contributed by atoms with Crippen molar-refractivity contribution >= 4 is 46.9 Å². The summed E-state index contributed by atoms with van der Waals surface area (Å²) in [6.45, 7) is 3.93. The van der Waals surface area contributed by atoms with Crippen LogP contribution in [0.2, 0.25) is 0 Å². The third-order valence-electron chi connectivity index (χ3n) is 6.38. The SMILES string of the molecule is COc1ccc(/C=C(/NC(=O)c2ccccc2)C(=O)Nc2cccc(SCC(=O)Nc3cc(C)ccc3C)c2)cc1OC. The average molecular weight is 596 g/mol. The van der Waals surface area contributed by atoms with Gasteiger partial charge in [0.15, 0.2) is 11.5 Å². The molecular formula is C34H33N3O5S. The molecule has 220 valence electrons. The Bertz CT molecular complexity index is 1650. The third-order valence-corrected chi connectivity index (χ3v) is 7.37. The Balaban J connectivity index is 1.50. The van der Waals surface area contributed by atoms with Crippen molar-refractivity contribution in [3.63, 3.8) is 0 Å². The summed E-state index contributed by atoms with van der Waals surface area (Å²) in [5, 5.41) is 8.55. The molecule has 0 aliphatic carbocycles. The zero-order valence-corrected chi connectivity index (χ0v) is 25.2. The van der Waals surface area contributed by atoms with Gasteiger partial charge in [-0.25, -0.2) is 0 Å². The average Bonchev–Trinajstić information content (AvgIpc) is 3.02. The number of nitrogens with one attached hydrogen (secondary N) is 3. The molecule has 4 rings (SSSR count). The molecule has 43 heavy (non-hydrogen) atoms. The van der Waals surface area contributed by atoms with E-state index < -0.39 is 11.8 Å².